The van der Waals surface area contributed by atoms with Gasteiger partial charge in [-0.25, -0.2) is 4.84 Å². The normalized spacial score (nSPS) is 28.0. The lowest BCUT2D eigenvalue weighted by molar-refractivity contribution is -0.159. The maximum Gasteiger partial charge on any atom is 0.324 e. The first-order valence-corrected chi connectivity index (χ1v) is 9.29. The fourth-order valence-electron chi connectivity index (χ4n) is 2.86. The third-order valence-electron chi connectivity index (χ3n) is 4.19. The van der Waals surface area contributed by atoms with Gasteiger partial charge in [0.1, 0.15) is 17.9 Å². The van der Waals surface area contributed by atoms with E-state index in [1.165, 1.54) is 0 Å². The Kier molecular flexibility index (Phi) is 8.00. The van der Waals surface area contributed by atoms with Crippen molar-refractivity contribution in [2.75, 3.05) is 6.61 Å². The zero-order chi connectivity index (χ0) is 18.2. The summed E-state index contributed by atoms with van der Waals surface area (Å²) in [6.45, 7) is 6.70. The number of ether oxygens (including phenoxy) is 3. The van der Waals surface area contributed by atoms with Crippen LogP contribution >= 0.6 is 11.8 Å². The number of hydrogen-bond acceptors (Lipinski definition) is 5. The SMILES string of the molecule is CC(C)CO[C@H]1CCC[C@H](NCl)C(=O)O[C@@H](C)[C@@H]1Oc1ccccc1. The molecule has 0 bridgehead atoms. The van der Waals surface area contributed by atoms with Gasteiger partial charge in [-0.15, -0.1) is 0 Å². The first-order valence-electron chi connectivity index (χ1n) is 8.91. The molecule has 1 heterocycles. The van der Waals surface area contributed by atoms with E-state index in [1.54, 1.807) is 0 Å². The molecule has 0 aliphatic carbocycles. The topological polar surface area (TPSA) is 56.8 Å². The molecule has 140 valence electrons. The molecule has 1 N–H and O–H groups in total. The van der Waals surface area contributed by atoms with Crippen molar-refractivity contribution in [1.29, 1.82) is 0 Å². The Morgan fingerprint density at radius 3 is 2.64 bits per heavy atom. The molecule has 5 nitrogen and oxygen atoms in total. The van der Waals surface area contributed by atoms with Crippen LogP contribution in [0.5, 0.6) is 5.75 Å². The monoisotopic (exact) mass is 369 g/mol. The second kappa shape index (κ2) is 10.00. The molecular formula is C19H28ClNO4. The summed E-state index contributed by atoms with van der Waals surface area (Å²) < 4.78 is 17.9. The molecule has 0 aromatic heterocycles. The zero-order valence-corrected chi connectivity index (χ0v) is 15.9. The molecule has 1 saturated heterocycles. The van der Waals surface area contributed by atoms with Crippen molar-refractivity contribution in [2.45, 2.75) is 64.4 Å². The van der Waals surface area contributed by atoms with Crippen molar-refractivity contribution >= 4 is 17.7 Å². The van der Waals surface area contributed by atoms with Gasteiger partial charge in [0.25, 0.3) is 0 Å². The second-order valence-corrected chi connectivity index (χ2v) is 7.11. The number of nitrogens with one attached hydrogen (secondary N) is 1. The van der Waals surface area contributed by atoms with Crippen LogP contribution in [0.15, 0.2) is 30.3 Å². The summed E-state index contributed by atoms with van der Waals surface area (Å²) in [5, 5.41) is 0. The lowest BCUT2D eigenvalue weighted by Gasteiger charge is -2.32. The molecule has 0 spiro atoms. The number of esters is 1. The van der Waals surface area contributed by atoms with Crippen LogP contribution in [0, 0.1) is 5.92 Å². The summed E-state index contributed by atoms with van der Waals surface area (Å²) >= 11 is 5.69. The van der Waals surface area contributed by atoms with E-state index in [4.69, 9.17) is 26.0 Å². The van der Waals surface area contributed by atoms with E-state index in [2.05, 4.69) is 18.7 Å². The molecule has 25 heavy (non-hydrogen) atoms. The highest BCUT2D eigenvalue weighted by Crippen LogP contribution is 2.24. The van der Waals surface area contributed by atoms with Crippen molar-refractivity contribution in [1.82, 2.24) is 4.84 Å². The van der Waals surface area contributed by atoms with E-state index in [0.29, 0.717) is 18.9 Å². The molecule has 0 amide bonds. The van der Waals surface area contributed by atoms with E-state index in [0.717, 1.165) is 18.6 Å². The molecule has 1 aliphatic heterocycles. The molecule has 1 fully saturated rings. The van der Waals surface area contributed by atoms with Crippen LogP contribution in [-0.4, -0.2) is 36.9 Å². The first kappa shape index (κ1) is 20.0. The van der Waals surface area contributed by atoms with Crippen LogP contribution in [0.3, 0.4) is 0 Å². The highest BCUT2D eigenvalue weighted by Gasteiger charge is 2.35. The number of carbonyl (C=O) groups excluding carboxylic acids is 1. The van der Waals surface area contributed by atoms with Gasteiger partial charge in [0.15, 0.2) is 6.10 Å². The highest BCUT2D eigenvalue weighted by molar-refractivity contribution is 6.14. The van der Waals surface area contributed by atoms with Crippen molar-refractivity contribution in [3.8, 4) is 5.75 Å². The van der Waals surface area contributed by atoms with E-state index in [1.807, 2.05) is 37.3 Å². The number of hydrogen-bond donors (Lipinski definition) is 1. The van der Waals surface area contributed by atoms with Crippen LogP contribution in [0.4, 0.5) is 0 Å². The third kappa shape index (κ3) is 6.17. The number of carbonyl (C=O) groups is 1. The number of benzene rings is 1. The van der Waals surface area contributed by atoms with E-state index in [9.17, 15) is 4.79 Å². The van der Waals surface area contributed by atoms with Crippen LogP contribution in [0.25, 0.3) is 0 Å². The third-order valence-corrected chi connectivity index (χ3v) is 4.45. The van der Waals surface area contributed by atoms with Gasteiger partial charge in [-0.05, 0) is 56.0 Å². The number of cyclic esters (lactones) is 1. The maximum atomic E-state index is 12.3. The predicted molar refractivity (Wildman–Crippen MR) is 97.6 cm³/mol. The molecular weight excluding hydrogens is 342 g/mol. The average molecular weight is 370 g/mol. The Hall–Kier alpha value is -1.30. The summed E-state index contributed by atoms with van der Waals surface area (Å²) in [7, 11) is 0. The molecule has 2 rings (SSSR count). The van der Waals surface area contributed by atoms with Gasteiger partial charge in [-0.2, -0.15) is 0 Å². The number of para-hydroxylation sites is 1. The highest BCUT2D eigenvalue weighted by atomic mass is 35.5. The second-order valence-electron chi connectivity index (χ2n) is 6.90. The summed E-state index contributed by atoms with van der Waals surface area (Å²) in [6.07, 6.45) is 1.20. The molecule has 0 saturated carbocycles. The lowest BCUT2D eigenvalue weighted by atomic mass is 10.0. The Labute approximate surface area is 155 Å². The molecule has 6 heteroatoms. The van der Waals surface area contributed by atoms with Crippen LogP contribution in [0.1, 0.15) is 40.0 Å². The predicted octanol–water partition coefficient (Wildman–Crippen LogP) is 3.70. The largest absolute Gasteiger partial charge is 0.484 e. The summed E-state index contributed by atoms with van der Waals surface area (Å²) in [5.74, 6) is 0.800. The summed E-state index contributed by atoms with van der Waals surface area (Å²) in [5.41, 5.74) is 0. The van der Waals surface area contributed by atoms with Gasteiger partial charge >= 0.3 is 5.97 Å². The van der Waals surface area contributed by atoms with Gasteiger partial charge in [0, 0.05) is 6.61 Å². The van der Waals surface area contributed by atoms with Gasteiger partial charge in [-0.1, -0.05) is 32.0 Å². The Morgan fingerprint density at radius 2 is 2.00 bits per heavy atom. The van der Waals surface area contributed by atoms with E-state index < -0.39 is 12.1 Å². The minimum atomic E-state index is -0.509. The summed E-state index contributed by atoms with van der Waals surface area (Å²) in [4.78, 5) is 14.8. The lowest BCUT2D eigenvalue weighted by Crippen LogP contribution is -2.45. The van der Waals surface area contributed by atoms with E-state index in [-0.39, 0.29) is 18.2 Å². The standard InChI is InChI=1S/C19H28ClNO4/c1-13(2)12-23-17-11-7-10-16(21-20)19(22)24-14(3)18(17)25-15-8-5-4-6-9-15/h4-6,8-9,13-14,16-18,21H,7,10-12H2,1-3H3/t14-,16-,17-,18-/m0/s1. The Morgan fingerprint density at radius 1 is 1.28 bits per heavy atom. The van der Waals surface area contributed by atoms with Crippen LogP contribution in [-0.2, 0) is 14.3 Å². The van der Waals surface area contributed by atoms with Crippen molar-refractivity contribution in [3.63, 3.8) is 0 Å². The molecule has 0 unspecified atom stereocenters. The quantitative estimate of drug-likeness (QED) is 0.612. The minimum absolute atomic E-state index is 0.153. The molecule has 1 aromatic rings. The maximum absolute atomic E-state index is 12.3. The van der Waals surface area contributed by atoms with Crippen LogP contribution < -0.4 is 9.57 Å². The summed E-state index contributed by atoms with van der Waals surface area (Å²) in [6, 6.07) is 9.04. The molecule has 4 atom stereocenters. The first-order chi connectivity index (χ1) is 12.0. The van der Waals surface area contributed by atoms with Crippen molar-refractivity contribution < 1.29 is 19.0 Å². The van der Waals surface area contributed by atoms with Gasteiger partial charge in [0.05, 0.1) is 6.10 Å². The van der Waals surface area contributed by atoms with Gasteiger partial charge in [0.2, 0.25) is 0 Å². The Bertz CT molecular complexity index is 525. The Balaban J connectivity index is 2.19. The fraction of sp³-hybridized carbons (Fsp3) is 0.632. The molecule has 0 radical (unpaired) electrons. The fourth-order valence-corrected chi connectivity index (χ4v) is 3.06. The van der Waals surface area contributed by atoms with Crippen molar-refractivity contribution in [3.05, 3.63) is 30.3 Å². The molecule has 1 aliphatic rings. The zero-order valence-electron chi connectivity index (χ0n) is 15.1. The van der Waals surface area contributed by atoms with E-state index >= 15 is 0 Å². The smallest absolute Gasteiger partial charge is 0.324 e. The average Bonchev–Trinajstić information content (AvgIpc) is 2.64. The van der Waals surface area contributed by atoms with Crippen molar-refractivity contribution in [2.24, 2.45) is 5.92 Å². The molecule has 1 aromatic carbocycles. The number of rotatable bonds is 6. The minimum Gasteiger partial charge on any atom is -0.484 e. The number of halogens is 1. The van der Waals surface area contributed by atoms with Gasteiger partial charge in [-0.3, -0.25) is 4.79 Å². The van der Waals surface area contributed by atoms with Gasteiger partial charge < -0.3 is 14.2 Å². The van der Waals surface area contributed by atoms with Crippen LogP contribution in [0.2, 0.25) is 0 Å².